The molecule has 0 amide bonds. The van der Waals surface area contributed by atoms with Crippen molar-refractivity contribution in [3.63, 3.8) is 0 Å². The Morgan fingerprint density at radius 2 is 2.05 bits per heavy atom. The number of aromatic hydroxyl groups is 1. The molecule has 0 fully saturated rings. The largest absolute Gasteiger partial charge is 0.502 e. The number of hydrogen-bond donors (Lipinski definition) is 2. The van der Waals surface area contributed by atoms with Gasteiger partial charge in [0.15, 0.2) is 17.5 Å². The van der Waals surface area contributed by atoms with Gasteiger partial charge in [-0.05, 0) is 6.07 Å². The SMILES string of the molecule is O=c1[nH]c(SCc2ccccc2OCC(F)(F)F)ncc1O. The molecule has 5 nitrogen and oxygen atoms in total. The van der Waals surface area contributed by atoms with E-state index in [0.717, 1.165) is 18.0 Å². The third-order valence-corrected chi connectivity index (χ3v) is 3.42. The van der Waals surface area contributed by atoms with Crippen LogP contribution in [0, 0.1) is 0 Å². The van der Waals surface area contributed by atoms with Crippen molar-refractivity contribution in [3.05, 3.63) is 46.4 Å². The molecule has 2 aromatic rings. The normalized spacial score (nSPS) is 11.4. The lowest BCUT2D eigenvalue weighted by Gasteiger charge is -2.12. The maximum Gasteiger partial charge on any atom is 0.422 e. The van der Waals surface area contributed by atoms with Crippen LogP contribution in [0.5, 0.6) is 11.5 Å². The van der Waals surface area contributed by atoms with E-state index in [4.69, 9.17) is 9.84 Å². The molecular formula is C13H11F3N2O3S. The van der Waals surface area contributed by atoms with Gasteiger partial charge in [-0.25, -0.2) is 4.98 Å². The summed E-state index contributed by atoms with van der Waals surface area (Å²) in [5.74, 6) is -0.131. The number of hydrogen-bond acceptors (Lipinski definition) is 5. The third kappa shape index (κ3) is 4.69. The second-order valence-corrected chi connectivity index (χ2v) is 5.17. The zero-order chi connectivity index (χ0) is 16.2. The second kappa shape index (κ2) is 6.73. The van der Waals surface area contributed by atoms with Gasteiger partial charge in [-0.3, -0.25) is 9.78 Å². The maximum atomic E-state index is 12.2. The fourth-order valence-corrected chi connectivity index (χ4v) is 2.34. The van der Waals surface area contributed by atoms with Crippen LogP contribution in [-0.2, 0) is 5.75 Å². The monoisotopic (exact) mass is 332 g/mol. The van der Waals surface area contributed by atoms with Crippen LogP contribution in [0.4, 0.5) is 13.2 Å². The van der Waals surface area contributed by atoms with Crippen molar-refractivity contribution in [2.75, 3.05) is 6.61 Å². The number of aromatic amines is 1. The molecule has 0 atom stereocenters. The first kappa shape index (κ1) is 16.2. The Morgan fingerprint density at radius 1 is 1.32 bits per heavy atom. The lowest BCUT2D eigenvalue weighted by atomic mass is 10.2. The topological polar surface area (TPSA) is 75.2 Å². The van der Waals surface area contributed by atoms with Crippen LogP contribution in [0.3, 0.4) is 0 Å². The smallest absolute Gasteiger partial charge is 0.422 e. The molecule has 0 aliphatic heterocycles. The number of ether oxygens (including phenoxy) is 1. The van der Waals surface area contributed by atoms with Gasteiger partial charge in [-0.1, -0.05) is 30.0 Å². The first-order valence-corrected chi connectivity index (χ1v) is 7.02. The van der Waals surface area contributed by atoms with E-state index in [-0.39, 0.29) is 16.7 Å². The van der Waals surface area contributed by atoms with E-state index >= 15 is 0 Å². The van der Waals surface area contributed by atoms with E-state index in [9.17, 15) is 18.0 Å². The van der Waals surface area contributed by atoms with Crippen molar-refractivity contribution < 1.29 is 23.0 Å². The minimum atomic E-state index is -4.41. The molecule has 1 aromatic carbocycles. The van der Waals surface area contributed by atoms with Gasteiger partial charge in [0.1, 0.15) is 5.75 Å². The first-order chi connectivity index (χ1) is 10.3. The summed E-state index contributed by atoms with van der Waals surface area (Å²) in [6.45, 7) is -1.37. The van der Waals surface area contributed by atoms with Crippen molar-refractivity contribution in [1.82, 2.24) is 9.97 Å². The number of halogens is 3. The number of rotatable bonds is 5. The highest BCUT2D eigenvalue weighted by Crippen LogP contribution is 2.27. The number of aromatic nitrogens is 2. The standard InChI is InChI=1S/C13H11F3N2O3S/c14-13(15,16)7-21-10-4-2-1-3-8(10)6-22-12-17-5-9(19)11(20)18-12/h1-5,19H,6-7H2,(H,17,18,20). The molecule has 22 heavy (non-hydrogen) atoms. The summed E-state index contributed by atoms with van der Waals surface area (Å²) in [5.41, 5.74) is -0.147. The molecule has 0 saturated heterocycles. The van der Waals surface area contributed by atoms with Crippen molar-refractivity contribution in [2.45, 2.75) is 17.1 Å². The Labute approximate surface area is 127 Å². The molecule has 1 aromatic heterocycles. The van der Waals surface area contributed by atoms with Gasteiger partial charge >= 0.3 is 6.18 Å². The first-order valence-electron chi connectivity index (χ1n) is 6.04. The molecule has 0 aliphatic rings. The highest BCUT2D eigenvalue weighted by atomic mass is 32.2. The van der Waals surface area contributed by atoms with Crippen LogP contribution in [-0.4, -0.2) is 27.9 Å². The predicted molar refractivity (Wildman–Crippen MR) is 74.1 cm³/mol. The number of H-pyrrole nitrogens is 1. The molecule has 0 bridgehead atoms. The molecule has 0 radical (unpaired) electrons. The van der Waals surface area contributed by atoms with Crippen LogP contribution in [0.15, 0.2) is 40.4 Å². The number of nitrogens with zero attached hydrogens (tertiary/aromatic N) is 1. The van der Waals surface area contributed by atoms with Gasteiger partial charge in [0.25, 0.3) is 5.56 Å². The van der Waals surface area contributed by atoms with Gasteiger partial charge in [-0.2, -0.15) is 13.2 Å². The quantitative estimate of drug-likeness (QED) is 0.650. The van der Waals surface area contributed by atoms with Crippen LogP contribution >= 0.6 is 11.8 Å². The zero-order valence-electron chi connectivity index (χ0n) is 11.1. The Morgan fingerprint density at radius 3 is 2.73 bits per heavy atom. The maximum absolute atomic E-state index is 12.2. The summed E-state index contributed by atoms with van der Waals surface area (Å²) in [7, 11) is 0. The Hall–Kier alpha value is -2.16. The molecule has 118 valence electrons. The van der Waals surface area contributed by atoms with Gasteiger partial charge in [0.2, 0.25) is 0 Å². The fraction of sp³-hybridized carbons (Fsp3) is 0.231. The summed E-state index contributed by atoms with van der Waals surface area (Å²) in [6, 6.07) is 6.30. The summed E-state index contributed by atoms with van der Waals surface area (Å²) in [4.78, 5) is 17.4. The van der Waals surface area contributed by atoms with Crippen LogP contribution < -0.4 is 10.3 Å². The molecule has 0 aliphatic carbocycles. The van der Waals surface area contributed by atoms with Crippen LogP contribution in [0.2, 0.25) is 0 Å². The highest BCUT2D eigenvalue weighted by molar-refractivity contribution is 7.98. The minimum Gasteiger partial charge on any atom is -0.502 e. The summed E-state index contributed by atoms with van der Waals surface area (Å²) < 4.78 is 41.4. The molecule has 0 unspecified atom stereocenters. The highest BCUT2D eigenvalue weighted by Gasteiger charge is 2.28. The predicted octanol–water partition coefficient (Wildman–Crippen LogP) is 2.71. The summed E-state index contributed by atoms with van der Waals surface area (Å²) >= 11 is 1.10. The molecule has 0 spiro atoms. The van der Waals surface area contributed by atoms with E-state index in [0.29, 0.717) is 5.56 Å². The van der Waals surface area contributed by atoms with Crippen molar-refractivity contribution in [1.29, 1.82) is 0 Å². The van der Waals surface area contributed by atoms with E-state index in [1.165, 1.54) is 6.07 Å². The van der Waals surface area contributed by atoms with Gasteiger partial charge < -0.3 is 9.84 Å². The molecular weight excluding hydrogens is 321 g/mol. The minimum absolute atomic E-state index is 0.119. The van der Waals surface area contributed by atoms with Crippen LogP contribution in [0.25, 0.3) is 0 Å². The molecule has 9 heteroatoms. The lowest BCUT2D eigenvalue weighted by Crippen LogP contribution is -2.19. The summed E-state index contributed by atoms with van der Waals surface area (Å²) in [5, 5.41) is 9.32. The number of thioether (sulfide) groups is 1. The Balaban J connectivity index is 2.06. The average Bonchev–Trinajstić information content (AvgIpc) is 2.46. The van der Waals surface area contributed by atoms with E-state index in [1.807, 2.05) is 0 Å². The van der Waals surface area contributed by atoms with Gasteiger partial charge in [-0.15, -0.1) is 0 Å². The molecule has 2 N–H and O–H groups in total. The number of alkyl halides is 3. The number of para-hydroxylation sites is 1. The van der Waals surface area contributed by atoms with Crippen molar-refractivity contribution in [2.24, 2.45) is 0 Å². The van der Waals surface area contributed by atoms with E-state index < -0.39 is 24.1 Å². The summed E-state index contributed by atoms with van der Waals surface area (Å²) in [6.07, 6.45) is -3.41. The number of benzene rings is 1. The van der Waals surface area contributed by atoms with E-state index in [1.54, 1.807) is 18.2 Å². The Bertz CT molecular complexity index is 703. The van der Waals surface area contributed by atoms with Crippen molar-refractivity contribution >= 4 is 11.8 Å². The van der Waals surface area contributed by atoms with Crippen LogP contribution in [0.1, 0.15) is 5.56 Å². The Kier molecular flexibility index (Phi) is 4.96. The molecule has 0 saturated carbocycles. The van der Waals surface area contributed by atoms with Crippen molar-refractivity contribution in [3.8, 4) is 11.5 Å². The van der Waals surface area contributed by atoms with E-state index in [2.05, 4.69) is 9.97 Å². The molecule has 1 heterocycles. The third-order valence-electron chi connectivity index (χ3n) is 2.49. The fourth-order valence-electron chi connectivity index (χ4n) is 1.51. The van der Waals surface area contributed by atoms with Gasteiger partial charge in [0, 0.05) is 11.3 Å². The lowest BCUT2D eigenvalue weighted by molar-refractivity contribution is -0.153. The number of nitrogens with one attached hydrogen (secondary N) is 1. The zero-order valence-corrected chi connectivity index (χ0v) is 11.9. The second-order valence-electron chi connectivity index (χ2n) is 4.20. The molecule has 2 rings (SSSR count). The van der Waals surface area contributed by atoms with Gasteiger partial charge in [0.05, 0.1) is 6.20 Å². The average molecular weight is 332 g/mol.